The minimum absolute atomic E-state index is 0.619. The normalized spacial score (nSPS) is 11.9. The van der Waals surface area contributed by atoms with E-state index >= 15 is 0 Å². The van der Waals surface area contributed by atoms with Crippen LogP contribution in [0.15, 0.2) is 206 Å². The van der Waals surface area contributed by atoms with E-state index in [4.69, 9.17) is 15.0 Å². The average Bonchev–Trinajstić information content (AvgIpc) is 3.88. The first kappa shape index (κ1) is 34.8. The van der Waals surface area contributed by atoms with Gasteiger partial charge >= 0.3 is 0 Å². The first-order chi connectivity index (χ1) is 30.7. The SMILES string of the molecule is c1ccc(-c2cccc(-c3nc(-c4ccc5c(sc6ccccc65)c4-n4c5ccccc5c5cc6ccccc6cc54)nc(-c4cc5ccccc5c5ccccc45)n3)c2)cc1. The summed E-state index contributed by atoms with van der Waals surface area (Å²) >= 11 is 1.83. The molecule has 3 aromatic heterocycles. The zero-order valence-corrected chi connectivity index (χ0v) is 34.1. The molecule has 5 heteroatoms. The molecular formula is C57H34N4S. The Morgan fingerprint density at radius 2 is 0.935 bits per heavy atom. The Balaban J connectivity index is 1.16. The van der Waals surface area contributed by atoms with Crippen molar-refractivity contribution in [3.8, 4) is 51.0 Å². The van der Waals surface area contributed by atoms with E-state index in [1.54, 1.807) is 0 Å². The standard InChI is InChI=1S/C57H34N4S/c1-2-15-35(16-3-1)36-20-14-21-40(31-36)55-58-56(60-57(59-55)49-33-39-19-6-7-22-41(39)42-23-8-9-24-43(42)49)47-30-29-46-45-26-11-13-28-52(45)62-54(46)53(47)61-50-27-12-10-25-44(50)48-32-37-17-4-5-18-38(37)34-51(48)61/h1-34H. The Labute approximate surface area is 360 Å². The lowest BCUT2D eigenvalue weighted by Gasteiger charge is -2.17. The Morgan fingerprint density at radius 1 is 0.323 bits per heavy atom. The second-order valence-corrected chi connectivity index (χ2v) is 17.0. The van der Waals surface area contributed by atoms with Crippen molar-refractivity contribution in [2.24, 2.45) is 0 Å². The van der Waals surface area contributed by atoms with Crippen LogP contribution in [-0.4, -0.2) is 19.5 Å². The first-order valence-electron chi connectivity index (χ1n) is 20.9. The number of para-hydroxylation sites is 1. The molecule has 0 spiro atoms. The van der Waals surface area contributed by atoms with Gasteiger partial charge in [0.2, 0.25) is 0 Å². The van der Waals surface area contributed by atoms with Crippen LogP contribution in [0.2, 0.25) is 0 Å². The van der Waals surface area contributed by atoms with E-state index in [2.05, 4.69) is 211 Å². The second kappa shape index (κ2) is 13.8. The van der Waals surface area contributed by atoms with Gasteiger partial charge < -0.3 is 4.57 Å². The Bertz CT molecular complexity index is 3940. The summed E-state index contributed by atoms with van der Waals surface area (Å²) in [5.41, 5.74) is 8.42. The molecule has 13 aromatic rings. The van der Waals surface area contributed by atoms with Crippen molar-refractivity contribution >= 4 is 85.6 Å². The van der Waals surface area contributed by atoms with Crippen molar-refractivity contribution in [3.63, 3.8) is 0 Å². The molecule has 4 nitrogen and oxygen atoms in total. The minimum atomic E-state index is 0.619. The van der Waals surface area contributed by atoms with Gasteiger partial charge in [-0.25, -0.2) is 15.0 Å². The number of hydrogen-bond donors (Lipinski definition) is 0. The quantitative estimate of drug-likeness (QED) is 0.163. The summed E-state index contributed by atoms with van der Waals surface area (Å²) in [4.78, 5) is 16.4. The van der Waals surface area contributed by atoms with Gasteiger partial charge in [-0.2, -0.15) is 0 Å². The van der Waals surface area contributed by atoms with Gasteiger partial charge in [-0.3, -0.25) is 0 Å². The number of thiophene rings is 1. The molecule has 0 N–H and O–H groups in total. The predicted molar refractivity (Wildman–Crippen MR) is 261 cm³/mol. The molecule has 0 atom stereocenters. The van der Waals surface area contributed by atoms with Crippen molar-refractivity contribution in [3.05, 3.63) is 206 Å². The van der Waals surface area contributed by atoms with Gasteiger partial charge in [0.05, 0.1) is 21.4 Å². The third-order valence-electron chi connectivity index (χ3n) is 12.4. The fourth-order valence-electron chi connectivity index (χ4n) is 9.53. The van der Waals surface area contributed by atoms with Crippen LogP contribution in [0.1, 0.15) is 0 Å². The van der Waals surface area contributed by atoms with Crippen molar-refractivity contribution in [1.82, 2.24) is 19.5 Å². The van der Waals surface area contributed by atoms with E-state index in [1.807, 2.05) is 11.3 Å². The van der Waals surface area contributed by atoms with Crippen molar-refractivity contribution in [2.75, 3.05) is 0 Å². The van der Waals surface area contributed by atoms with E-state index in [9.17, 15) is 0 Å². The zero-order chi connectivity index (χ0) is 40.7. The Kier molecular flexibility index (Phi) is 7.74. The number of fused-ring (bicyclic) bond motifs is 10. The molecule has 0 saturated carbocycles. The molecule has 288 valence electrons. The molecule has 0 bridgehead atoms. The number of benzene rings is 10. The largest absolute Gasteiger partial charge is 0.307 e. The third-order valence-corrected chi connectivity index (χ3v) is 13.6. The Hall–Kier alpha value is -7.99. The van der Waals surface area contributed by atoms with Crippen LogP contribution in [0.3, 0.4) is 0 Å². The summed E-state index contributed by atoms with van der Waals surface area (Å²) in [7, 11) is 0. The second-order valence-electron chi connectivity index (χ2n) is 15.9. The number of nitrogens with zero attached hydrogens (tertiary/aromatic N) is 4. The van der Waals surface area contributed by atoms with E-state index in [-0.39, 0.29) is 0 Å². The summed E-state index contributed by atoms with van der Waals surface area (Å²) < 4.78 is 4.89. The maximum absolute atomic E-state index is 5.55. The van der Waals surface area contributed by atoms with Gasteiger partial charge in [-0.05, 0) is 85.9 Å². The van der Waals surface area contributed by atoms with Gasteiger partial charge in [0, 0.05) is 42.9 Å². The van der Waals surface area contributed by atoms with Crippen molar-refractivity contribution in [1.29, 1.82) is 0 Å². The monoisotopic (exact) mass is 806 g/mol. The molecule has 62 heavy (non-hydrogen) atoms. The van der Waals surface area contributed by atoms with Crippen LogP contribution in [0, 0.1) is 0 Å². The summed E-state index contributed by atoms with van der Waals surface area (Å²) in [5.74, 6) is 1.87. The molecule has 13 rings (SSSR count). The van der Waals surface area contributed by atoms with Crippen LogP contribution in [0.25, 0.3) is 125 Å². The lowest BCUT2D eigenvalue weighted by Crippen LogP contribution is -2.04. The van der Waals surface area contributed by atoms with E-state index in [1.165, 1.54) is 52.5 Å². The molecule has 0 radical (unpaired) electrons. The van der Waals surface area contributed by atoms with Gasteiger partial charge in [0.1, 0.15) is 0 Å². The lowest BCUT2D eigenvalue weighted by molar-refractivity contribution is 1.07. The molecular weight excluding hydrogens is 773 g/mol. The predicted octanol–water partition coefficient (Wildman–Crippen LogP) is 15.5. The van der Waals surface area contributed by atoms with Crippen LogP contribution in [0.4, 0.5) is 0 Å². The third kappa shape index (κ3) is 5.42. The molecule has 0 aliphatic rings. The number of aromatic nitrogens is 4. The van der Waals surface area contributed by atoms with Crippen molar-refractivity contribution in [2.45, 2.75) is 0 Å². The number of rotatable bonds is 5. The maximum Gasteiger partial charge on any atom is 0.166 e. The van der Waals surface area contributed by atoms with Crippen LogP contribution in [-0.2, 0) is 0 Å². The molecule has 0 aliphatic heterocycles. The Morgan fingerprint density at radius 3 is 1.77 bits per heavy atom. The highest BCUT2D eigenvalue weighted by Gasteiger charge is 2.24. The molecule has 0 aliphatic carbocycles. The van der Waals surface area contributed by atoms with Gasteiger partial charge in [0.15, 0.2) is 17.5 Å². The van der Waals surface area contributed by atoms with Gasteiger partial charge in [0.25, 0.3) is 0 Å². The fourth-order valence-corrected chi connectivity index (χ4v) is 10.8. The average molecular weight is 807 g/mol. The van der Waals surface area contributed by atoms with E-state index in [0.717, 1.165) is 55.3 Å². The van der Waals surface area contributed by atoms with Crippen LogP contribution >= 0.6 is 11.3 Å². The highest BCUT2D eigenvalue weighted by atomic mass is 32.1. The van der Waals surface area contributed by atoms with Gasteiger partial charge in [-0.1, -0.05) is 164 Å². The number of hydrogen-bond acceptors (Lipinski definition) is 4. The van der Waals surface area contributed by atoms with E-state index in [0.29, 0.717) is 17.5 Å². The van der Waals surface area contributed by atoms with Gasteiger partial charge in [-0.15, -0.1) is 11.3 Å². The smallest absolute Gasteiger partial charge is 0.166 e. The molecule has 3 heterocycles. The van der Waals surface area contributed by atoms with Crippen LogP contribution < -0.4 is 0 Å². The molecule has 0 fully saturated rings. The summed E-state index contributed by atoms with van der Waals surface area (Å²) in [6, 6.07) is 73.9. The summed E-state index contributed by atoms with van der Waals surface area (Å²) in [6.07, 6.45) is 0. The summed E-state index contributed by atoms with van der Waals surface area (Å²) in [5, 5.41) is 11.9. The maximum atomic E-state index is 5.55. The molecule has 0 saturated heterocycles. The lowest BCUT2D eigenvalue weighted by atomic mass is 9.96. The zero-order valence-electron chi connectivity index (χ0n) is 33.3. The van der Waals surface area contributed by atoms with Crippen LogP contribution in [0.5, 0.6) is 0 Å². The fraction of sp³-hybridized carbons (Fsp3) is 0. The molecule has 10 aromatic carbocycles. The molecule has 0 amide bonds. The van der Waals surface area contributed by atoms with Crippen molar-refractivity contribution < 1.29 is 0 Å². The van der Waals surface area contributed by atoms with E-state index < -0.39 is 0 Å². The highest BCUT2D eigenvalue weighted by Crippen LogP contribution is 2.46. The topological polar surface area (TPSA) is 43.6 Å². The molecule has 0 unspecified atom stereocenters. The highest BCUT2D eigenvalue weighted by molar-refractivity contribution is 7.26. The first-order valence-corrected chi connectivity index (χ1v) is 21.7. The minimum Gasteiger partial charge on any atom is -0.307 e. The summed E-state index contributed by atoms with van der Waals surface area (Å²) in [6.45, 7) is 0.